The Bertz CT molecular complexity index is 156. The summed E-state index contributed by atoms with van der Waals surface area (Å²) in [5, 5.41) is 0. The molecule has 0 radical (unpaired) electrons. The molecule has 0 N–H and O–H groups in total. The van der Waals surface area contributed by atoms with Gasteiger partial charge in [-0.15, -0.1) is 0 Å². The Morgan fingerprint density at radius 1 is 1.55 bits per heavy atom. The van der Waals surface area contributed by atoms with Gasteiger partial charge in [0.1, 0.15) is 5.78 Å². The number of nitrogens with zero attached hydrogens (tertiary/aromatic N) is 1. The normalized spacial score (nSPS) is 34.3. The van der Waals surface area contributed by atoms with E-state index in [4.69, 9.17) is 0 Å². The number of carbonyl (C=O) groups excluding carboxylic acids is 1. The lowest BCUT2D eigenvalue weighted by atomic mass is 9.94. The molecule has 11 heavy (non-hydrogen) atoms. The molecule has 0 bridgehead atoms. The van der Waals surface area contributed by atoms with Gasteiger partial charge in [-0.1, -0.05) is 13.8 Å². The topological polar surface area (TPSA) is 20.3 Å². The number of hydrogen-bond donors (Lipinski definition) is 0. The number of likely N-dealkylation sites (tertiary alicyclic amines) is 1. The minimum Gasteiger partial charge on any atom is -0.300 e. The quantitative estimate of drug-likeness (QED) is 0.569. The minimum absolute atomic E-state index is 0.256. The van der Waals surface area contributed by atoms with Gasteiger partial charge in [-0.2, -0.15) is 0 Å². The van der Waals surface area contributed by atoms with Gasteiger partial charge < -0.3 is 0 Å². The SMILES string of the molecule is CCN1C[C@H](C)C(=O)C[C@H]1C. The molecule has 1 fully saturated rings. The van der Waals surface area contributed by atoms with Crippen LogP contribution in [-0.2, 0) is 4.79 Å². The third-order valence-corrected chi connectivity index (χ3v) is 2.58. The molecule has 0 aromatic heterocycles. The van der Waals surface area contributed by atoms with Crippen molar-refractivity contribution in [3.63, 3.8) is 0 Å². The van der Waals surface area contributed by atoms with Crippen LogP contribution in [0.1, 0.15) is 27.2 Å². The van der Waals surface area contributed by atoms with Gasteiger partial charge in [-0.3, -0.25) is 9.69 Å². The van der Waals surface area contributed by atoms with Crippen LogP contribution in [0.25, 0.3) is 0 Å². The smallest absolute Gasteiger partial charge is 0.138 e. The van der Waals surface area contributed by atoms with E-state index in [1.165, 1.54) is 0 Å². The molecule has 2 heteroatoms. The Morgan fingerprint density at radius 2 is 2.18 bits per heavy atom. The van der Waals surface area contributed by atoms with Crippen molar-refractivity contribution in [2.45, 2.75) is 33.2 Å². The number of ketones is 1. The van der Waals surface area contributed by atoms with Crippen molar-refractivity contribution >= 4 is 5.78 Å². The number of Topliss-reactive ketones (excluding diaryl/α,β-unsaturated/α-hetero) is 1. The average Bonchev–Trinajstić information content (AvgIpc) is 1.97. The first-order valence-electron chi connectivity index (χ1n) is 4.42. The van der Waals surface area contributed by atoms with E-state index in [2.05, 4.69) is 18.7 Å². The van der Waals surface area contributed by atoms with Crippen molar-refractivity contribution in [1.29, 1.82) is 0 Å². The molecule has 1 aliphatic heterocycles. The van der Waals surface area contributed by atoms with Crippen LogP contribution in [0.4, 0.5) is 0 Å². The number of piperidine rings is 1. The summed E-state index contributed by atoms with van der Waals surface area (Å²) in [7, 11) is 0. The van der Waals surface area contributed by atoms with Crippen molar-refractivity contribution in [2.75, 3.05) is 13.1 Å². The molecule has 0 saturated carbocycles. The highest BCUT2D eigenvalue weighted by Gasteiger charge is 2.27. The second-order valence-corrected chi connectivity index (χ2v) is 3.51. The highest BCUT2D eigenvalue weighted by atomic mass is 16.1. The monoisotopic (exact) mass is 155 g/mol. The standard InChI is InChI=1S/C9H17NO/c1-4-10-6-7(2)9(11)5-8(10)3/h7-8H,4-6H2,1-3H3/t7-,8+/m0/s1. The third kappa shape index (κ3) is 1.80. The van der Waals surface area contributed by atoms with E-state index in [0.717, 1.165) is 19.5 Å². The van der Waals surface area contributed by atoms with E-state index in [1.54, 1.807) is 0 Å². The van der Waals surface area contributed by atoms with Gasteiger partial charge in [0, 0.05) is 24.9 Å². The number of hydrogen-bond acceptors (Lipinski definition) is 2. The predicted octanol–water partition coefficient (Wildman–Crippen LogP) is 1.31. The molecule has 64 valence electrons. The fourth-order valence-electron chi connectivity index (χ4n) is 1.70. The Kier molecular flexibility index (Phi) is 2.66. The molecule has 0 spiro atoms. The molecule has 0 unspecified atom stereocenters. The molecule has 1 aliphatic rings. The second-order valence-electron chi connectivity index (χ2n) is 3.51. The summed E-state index contributed by atoms with van der Waals surface area (Å²) in [5.41, 5.74) is 0. The molecule has 1 heterocycles. The summed E-state index contributed by atoms with van der Waals surface area (Å²) in [6.07, 6.45) is 0.745. The van der Waals surface area contributed by atoms with E-state index >= 15 is 0 Å². The fourth-order valence-corrected chi connectivity index (χ4v) is 1.70. The predicted molar refractivity (Wildman–Crippen MR) is 45.5 cm³/mol. The molecular formula is C9H17NO. The van der Waals surface area contributed by atoms with Crippen LogP contribution < -0.4 is 0 Å². The molecule has 1 rings (SSSR count). The van der Waals surface area contributed by atoms with Crippen molar-refractivity contribution < 1.29 is 4.79 Å². The maximum atomic E-state index is 11.2. The fraction of sp³-hybridized carbons (Fsp3) is 0.889. The largest absolute Gasteiger partial charge is 0.300 e. The first-order chi connectivity index (χ1) is 5.15. The Hall–Kier alpha value is -0.370. The lowest BCUT2D eigenvalue weighted by molar-refractivity contribution is -0.127. The van der Waals surface area contributed by atoms with Crippen molar-refractivity contribution in [1.82, 2.24) is 4.90 Å². The van der Waals surface area contributed by atoms with Gasteiger partial charge in [0.05, 0.1) is 0 Å². The van der Waals surface area contributed by atoms with Gasteiger partial charge >= 0.3 is 0 Å². The van der Waals surface area contributed by atoms with Gasteiger partial charge in [0.15, 0.2) is 0 Å². The zero-order chi connectivity index (χ0) is 8.43. The first kappa shape index (κ1) is 8.72. The third-order valence-electron chi connectivity index (χ3n) is 2.58. The molecule has 0 aromatic rings. The summed E-state index contributed by atoms with van der Waals surface area (Å²) >= 11 is 0. The maximum Gasteiger partial charge on any atom is 0.138 e. The van der Waals surface area contributed by atoms with Crippen LogP contribution in [0.15, 0.2) is 0 Å². The number of rotatable bonds is 1. The molecular weight excluding hydrogens is 138 g/mol. The molecule has 0 aromatic carbocycles. The summed E-state index contributed by atoms with van der Waals surface area (Å²) in [5.74, 6) is 0.688. The lowest BCUT2D eigenvalue weighted by Crippen LogP contribution is -2.45. The van der Waals surface area contributed by atoms with Crippen LogP contribution in [0, 0.1) is 5.92 Å². The molecule has 2 nitrogen and oxygen atoms in total. The van der Waals surface area contributed by atoms with Crippen LogP contribution in [-0.4, -0.2) is 29.8 Å². The molecule has 0 aliphatic carbocycles. The Morgan fingerprint density at radius 3 is 2.73 bits per heavy atom. The van der Waals surface area contributed by atoms with E-state index in [-0.39, 0.29) is 5.92 Å². The van der Waals surface area contributed by atoms with E-state index in [0.29, 0.717) is 11.8 Å². The lowest BCUT2D eigenvalue weighted by Gasteiger charge is -2.34. The van der Waals surface area contributed by atoms with Crippen molar-refractivity contribution in [2.24, 2.45) is 5.92 Å². The molecule has 1 saturated heterocycles. The Labute approximate surface area is 68.6 Å². The van der Waals surface area contributed by atoms with E-state index in [9.17, 15) is 4.79 Å². The Balaban J connectivity index is 2.54. The van der Waals surface area contributed by atoms with Crippen LogP contribution >= 0.6 is 0 Å². The first-order valence-corrected chi connectivity index (χ1v) is 4.42. The highest BCUT2D eigenvalue weighted by Crippen LogP contribution is 2.17. The van der Waals surface area contributed by atoms with Crippen LogP contribution in [0.5, 0.6) is 0 Å². The minimum atomic E-state index is 0.256. The average molecular weight is 155 g/mol. The highest BCUT2D eigenvalue weighted by molar-refractivity contribution is 5.82. The van der Waals surface area contributed by atoms with Gasteiger partial charge in [-0.25, -0.2) is 0 Å². The van der Waals surface area contributed by atoms with Gasteiger partial charge in [0.2, 0.25) is 0 Å². The van der Waals surface area contributed by atoms with Crippen LogP contribution in [0.3, 0.4) is 0 Å². The van der Waals surface area contributed by atoms with Crippen molar-refractivity contribution in [3.05, 3.63) is 0 Å². The zero-order valence-corrected chi connectivity index (χ0v) is 7.63. The van der Waals surface area contributed by atoms with Gasteiger partial charge in [-0.05, 0) is 13.5 Å². The second kappa shape index (κ2) is 3.35. The zero-order valence-electron chi connectivity index (χ0n) is 7.63. The molecule has 2 atom stereocenters. The van der Waals surface area contributed by atoms with E-state index in [1.807, 2.05) is 6.92 Å². The van der Waals surface area contributed by atoms with Crippen LogP contribution in [0.2, 0.25) is 0 Å². The van der Waals surface area contributed by atoms with Gasteiger partial charge in [0.25, 0.3) is 0 Å². The summed E-state index contributed by atoms with van der Waals surface area (Å²) in [6, 6.07) is 0.462. The van der Waals surface area contributed by atoms with Crippen molar-refractivity contribution in [3.8, 4) is 0 Å². The summed E-state index contributed by atoms with van der Waals surface area (Å²) < 4.78 is 0. The number of carbonyl (C=O) groups is 1. The summed E-state index contributed by atoms with van der Waals surface area (Å²) in [6.45, 7) is 8.33. The molecule has 0 amide bonds. The maximum absolute atomic E-state index is 11.2. The summed E-state index contributed by atoms with van der Waals surface area (Å²) in [4.78, 5) is 13.6. The van der Waals surface area contributed by atoms with E-state index < -0.39 is 0 Å².